The lowest BCUT2D eigenvalue weighted by Gasteiger charge is -2.35. The van der Waals surface area contributed by atoms with E-state index in [1.165, 1.54) is 0 Å². The van der Waals surface area contributed by atoms with Crippen LogP contribution in [0.4, 0.5) is 0 Å². The molecule has 0 saturated heterocycles. The highest BCUT2D eigenvalue weighted by molar-refractivity contribution is 14.1. The zero-order chi connectivity index (χ0) is 16.9. The summed E-state index contributed by atoms with van der Waals surface area (Å²) in [7, 11) is 0. The Kier molecular flexibility index (Phi) is 3.64. The van der Waals surface area contributed by atoms with Crippen molar-refractivity contribution in [3.8, 4) is 17.2 Å². The van der Waals surface area contributed by atoms with Gasteiger partial charge in [0.05, 0.1) is 17.2 Å². The normalized spacial score (nSPS) is 16.1. The molecule has 24 heavy (non-hydrogen) atoms. The summed E-state index contributed by atoms with van der Waals surface area (Å²) >= 11 is 2.34. The van der Waals surface area contributed by atoms with Gasteiger partial charge in [0.25, 0.3) is 0 Å². The molecular weight excluding hydrogens is 415 g/mol. The van der Waals surface area contributed by atoms with Crippen LogP contribution in [0, 0.1) is 34.2 Å². The van der Waals surface area contributed by atoms with Crippen molar-refractivity contribution in [1.82, 2.24) is 14.7 Å². The third-order valence-corrected chi connectivity index (χ3v) is 5.87. The maximum absolute atomic E-state index is 9.50. The van der Waals surface area contributed by atoms with E-state index in [0.717, 1.165) is 63.0 Å². The van der Waals surface area contributed by atoms with Crippen LogP contribution in [-0.4, -0.2) is 14.7 Å². The summed E-state index contributed by atoms with van der Waals surface area (Å²) in [6.45, 7) is 4.59. The Morgan fingerprint density at radius 3 is 2.79 bits per heavy atom. The molecule has 0 spiro atoms. The lowest BCUT2D eigenvalue weighted by molar-refractivity contribution is 0.184. The maximum Gasteiger partial charge on any atom is 0.141 e. The first-order valence-electron chi connectivity index (χ1n) is 8.02. The molecule has 0 atom stereocenters. The van der Waals surface area contributed by atoms with Gasteiger partial charge < -0.3 is 9.09 Å². The van der Waals surface area contributed by atoms with Crippen molar-refractivity contribution in [1.29, 1.82) is 5.26 Å². The summed E-state index contributed by atoms with van der Waals surface area (Å²) in [5.41, 5.74) is 3.64. The van der Waals surface area contributed by atoms with Crippen LogP contribution in [0.5, 0.6) is 0 Å². The maximum atomic E-state index is 9.50. The number of hydrogen-bond acceptors (Lipinski definition) is 4. The highest BCUT2D eigenvalue weighted by Gasteiger charge is 2.38. The lowest BCUT2D eigenvalue weighted by atomic mass is 9.70. The molecule has 3 aromatic heterocycles. The smallest absolute Gasteiger partial charge is 0.141 e. The molecule has 0 N–H and O–H groups in total. The van der Waals surface area contributed by atoms with E-state index < -0.39 is 0 Å². The largest absolute Gasteiger partial charge is 0.361 e. The molecular formula is C18H17IN4O. The molecule has 1 fully saturated rings. The van der Waals surface area contributed by atoms with Gasteiger partial charge in [-0.25, -0.2) is 4.98 Å². The van der Waals surface area contributed by atoms with Gasteiger partial charge in [0.2, 0.25) is 0 Å². The first-order chi connectivity index (χ1) is 11.5. The molecule has 0 aliphatic heterocycles. The van der Waals surface area contributed by atoms with E-state index in [9.17, 15) is 5.26 Å². The molecule has 0 bridgehead atoms. The number of halogens is 1. The molecule has 1 aliphatic rings. The summed E-state index contributed by atoms with van der Waals surface area (Å²) in [6, 6.07) is 4.66. The Labute approximate surface area is 153 Å². The Morgan fingerprint density at radius 2 is 2.21 bits per heavy atom. The van der Waals surface area contributed by atoms with Crippen molar-refractivity contribution < 1.29 is 4.52 Å². The minimum absolute atomic E-state index is 0.211. The summed E-state index contributed by atoms with van der Waals surface area (Å²) in [6.07, 6.45) is 7.09. The summed E-state index contributed by atoms with van der Waals surface area (Å²) < 4.78 is 8.56. The van der Waals surface area contributed by atoms with E-state index >= 15 is 0 Å². The van der Waals surface area contributed by atoms with Gasteiger partial charge in [-0.15, -0.1) is 0 Å². The summed E-state index contributed by atoms with van der Waals surface area (Å²) in [4.78, 5) is 4.70. The third-order valence-electron chi connectivity index (χ3n) is 5.01. The van der Waals surface area contributed by atoms with Crippen LogP contribution >= 0.6 is 22.6 Å². The number of rotatable bonds is 3. The standard InChI is InChI=1S/C18H17IN4O/c1-11-16(12(2)24-22-11)13-6-14-15(19)8-23(17(14)21-7-13)10-18(9-20)4-3-5-18/h6-8H,3-5,10H2,1-2H3. The van der Waals surface area contributed by atoms with E-state index in [0.29, 0.717) is 0 Å². The molecule has 122 valence electrons. The quantitative estimate of drug-likeness (QED) is 0.567. The first kappa shape index (κ1) is 15.6. The highest BCUT2D eigenvalue weighted by atomic mass is 127. The fourth-order valence-electron chi connectivity index (χ4n) is 3.52. The van der Waals surface area contributed by atoms with Crippen LogP contribution in [0.1, 0.15) is 30.7 Å². The molecule has 1 aliphatic carbocycles. The summed E-state index contributed by atoms with van der Waals surface area (Å²) in [5.74, 6) is 0.806. The lowest BCUT2D eigenvalue weighted by Crippen LogP contribution is -2.32. The van der Waals surface area contributed by atoms with Gasteiger partial charge in [0, 0.05) is 39.0 Å². The molecule has 3 aromatic rings. The molecule has 0 radical (unpaired) electrons. The minimum atomic E-state index is -0.211. The second-order valence-corrected chi connectivity index (χ2v) is 7.81. The average molecular weight is 432 g/mol. The van der Waals surface area contributed by atoms with Gasteiger partial charge in [-0.3, -0.25) is 0 Å². The van der Waals surface area contributed by atoms with Crippen molar-refractivity contribution in [2.24, 2.45) is 5.41 Å². The molecule has 3 heterocycles. The Balaban J connectivity index is 1.79. The predicted molar refractivity (Wildman–Crippen MR) is 99.3 cm³/mol. The Morgan fingerprint density at radius 1 is 1.42 bits per heavy atom. The fraction of sp³-hybridized carbons (Fsp3) is 0.389. The number of nitrogens with zero attached hydrogens (tertiary/aromatic N) is 4. The SMILES string of the molecule is Cc1noc(C)c1-c1cnc2c(c1)c(I)cn2CC1(C#N)CCC1. The van der Waals surface area contributed by atoms with Crippen LogP contribution in [0.25, 0.3) is 22.2 Å². The number of aromatic nitrogens is 3. The van der Waals surface area contributed by atoms with E-state index in [1.54, 1.807) is 0 Å². The van der Waals surface area contributed by atoms with E-state index in [2.05, 4.69) is 50.6 Å². The van der Waals surface area contributed by atoms with Gasteiger partial charge in [-0.1, -0.05) is 11.6 Å². The molecule has 1 saturated carbocycles. The van der Waals surface area contributed by atoms with Gasteiger partial charge in [-0.2, -0.15) is 5.26 Å². The van der Waals surface area contributed by atoms with Gasteiger partial charge >= 0.3 is 0 Å². The second kappa shape index (κ2) is 5.59. The van der Waals surface area contributed by atoms with Crippen molar-refractivity contribution >= 4 is 33.6 Å². The van der Waals surface area contributed by atoms with Gasteiger partial charge in [-0.05, 0) is 55.3 Å². The van der Waals surface area contributed by atoms with Crippen LogP contribution in [0.15, 0.2) is 23.0 Å². The van der Waals surface area contributed by atoms with E-state index in [4.69, 9.17) is 9.51 Å². The van der Waals surface area contributed by atoms with Crippen LogP contribution in [0.2, 0.25) is 0 Å². The van der Waals surface area contributed by atoms with E-state index in [-0.39, 0.29) is 5.41 Å². The van der Waals surface area contributed by atoms with Crippen molar-refractivity contribution in [3.63, 3.8) is 0 Å². The zero-order valence-electron chi connectivity index (χ0n) is 13.6. The number of fused-ring (bicyclic) bond motifs is 1. The molecule has 0 unspecified atom stereocenters. The Hall–Kier alpha value is -1.88. The molecule has 6 heteroatoms. The molecule has 4 rings (SSSR count). The van der Waals surface area contributed by atoms with Crippen molar-refractivity contribution in [2.75, 3.05) is 0 Å². The number of aryl methyl sites for hydroxylation is 2. The minimum Gasteiger partial charge on any atom is -0.361 e. The zero-order valence-corrected chi connectivity index (χ0v) is 15.8. The van der Waals surface area contributed by atoms with Gasteiger partial charge in [0.1, 0.15) is 11.4 Å². The molecule has 5 nitrogen and oxygen atoms in total. The topological polar surface area (TPSA) is 67.6 Å². The predicted octanol–water partition coefficient (Wildman–Crippen LogP) is 4.61. The van der Waals surface area contributed by atoms with Gasteiger partial charge in [0.15, 0.2) is 0 Å². The van der Waals surface area contributed by atoms with Crippen molar-refractivity contribution in [2.45, 2.75) is 39.7 Å². The summed E-state index contributed by atoms with van der Waals surface area (Å²) in [5, 5.41) is 14.6. The number of nitriles is 1. The van der Waals surface area contributed by atoms with Crippen molar-refractivity contribution in [3.05, 3.63) is 33.5 Å². The van der Waals surface area contributed by atoms with Crippen LogP contribution in [0.3, 0.4) is 0 Å². The average Bonchev–Trinajstić information content (AvgIpc) is 3.03. The molecule has 0 aromatic carbocycles. The Bertz CT molecular complexity index is 955. The number of hydrogen-bond donors (Lipinski definition) is 0. The monoisotopic (exact) mass is 432 g/mol. The molecule has 0 amide bonds. The van der Waals surface area contributed by atoms with Crippen LogP contribution < -0.4 is 0 Å². The first-order valence-corrected chi connectivity index (χ1v) is 9.10. The highest BCUT2D eigenvalue weighted by Crippen LogP contribution is 2.42. The third kappa shape index (κ3) is 2.34. The fourth-order valence-corrected chi connectivity index (χ4v) is 4.25. The second-order valence-electron chi connectivity index (χ2n) is 6.64. The van der Waals surface area contributed by atoms with E-state index in [1.807, 2.05) is 20.0 Å². The number of pyridine rings is 1. The van der Waals surface area contributed by atoms with Crippen LogP contribution in [-0.2, 0) is 6.54 Å².